The third-order valence-electron chi connectivity index (χ3n) is 3.78. The van der Waals surface area contributed by atoms with E-state index in [0.29, 0.717) is 22.4 Å². The maximum absolute atomic E-state index is 12.4. The van der Waals surface area contributed by atoms with Crippen LogP contribution in [0.15, 0.2) is 53.7 Å². The molecule has 2 N–H and O–H groups in total. The molecule has 0 aliphatic heterocycles. The number of anilines is 1. The summed E-state index contributed by atoms with van der Waals surface area (Å²) in [6.07, 6.45) is 0. The number of carbonyl (C=O) groups is 1. The Hall–Kier alpha value is -2.80. The lowest BCUT2D eigenvalue weighted by atomic mass is 10.1. The second-order valence-corrected chi connectivity index (χ2v) is 7.12. The van der Waals surface area contributed by atoms with E-state index in [0.717, 1.165) is 5.56 Å². The maximum Gasteiger partial charge on any atom is 0.237 e. The summed E-state index contributed by atoms with van der Waals surface area (Å²) in [5, 5.41) is 10.2. The van der Waals surface area contributed by atoms with E-state index in [9.17, 15) is 4.79 Å². The van der Waals surface area contributed by atoms with Crippen molar-refractivity contribution in [3.63, 3.8) is 0 Å². The topological polar surface area (TPSA) is 79.9 Å². The molecule has 0 spiro atoms. The molecule has 0 fully saturated rings. The molecule has 1 amide bonds. The van der Waals surface area contributed by atoms with Crippen LogP contribution in [0.3, 0.4) is 0 Å². The lowest BCUT2D eigenvalue weighted by Gasteiger charge is -2.10. The van der Waals surface area contributed by atoms with Gasteiger partial charge >= 0.3 is 0 Å². The van der Waals surface area contributed by atoms with Crippen LogP contribution in [0.2, 0.25) is 0 Å². The minimum absolute atomic E-state index is 0.120. The van der Waals surface area contributed by atoms with Crippen molar-refractivity contribution in [1.82, 2.24) is 15.2 Å². The van der Waals surface area contributed by atoms with Gasteiger partial charge in [0.25, 0.3) is 0 Å². The van der Waals surface area contributed by atoms with Crippen molar-refractivity contribution in [2.45, 2.75) is 24.3 Å². The molecule has 6 nitrogen and oxygen atoms in total. The number of aromatic amines is 1. The zero-order chi connectivity index (χ0) is 18.5. The second-order valence-electron chi connectivity index (χ2n) is 5.81. The minimum atomic E-state index is -0.345. The highest BCUT2D eigenvalue weighted by atomic mass is 32.2. The van der Waals surface area contributed by atoms with Crippen LogP contribution in [0.1, 0.15) is 12.5 Å². The number of thioether (sulfide) groups is 1. The average Bonchev–Trinajstić information content (AvgIpc) is 3.11. The number of carbonyl (C=O) groups excluding carboxylic acids is 1. The molecule has 0 aliphatic carbocycles. The number of methoxy groups -OCH3 is 1. The van der Waals surface area contributed by atoms with E-state index in [1.807, 2.05) is 56.3 Å². The zero-order valence-corrected chi connectivity index (χ0v) is 15.6. The van der Waals surface area contributed by atoms with Gasteiger partial charge in [0.2, 0.25) is 11.1 Å². The van der Waals surface area contributed by atoms with Gasteiger partial charge in [-0.3, -0.25) is 9.89 Å². The summed E-state index contributed by atoms with van der Waals surface area (Å²) in [6.45, 7) is 3.86. The molecule has 134 valence electrons. The first kappa shape index (κ1) is 18.0. The molecule has 26 heavy (non-hydrogen) atoms. The minimum Gasteiger partial charge on any atom is -0.497 e. The number of rotatable bonds is 6. The third kappa shape index (κ3) is 4.43. The lowest BCUT2D eigenvalue weighted by Crippen LogP contribution is -2.22. The normalized spacial score (nSPS) is 11.8. The van der Waals surface area contributed by atoms with E-state index in [1.54, 1.807) is 13.2 Å². The highest BCUT2D eigenvalue weighted by Crippen LogP contribution is 2.24. The SMILES string of the molecule is COc1cccc(NC(=O)[C@@H](C)Sc2n[nH]c(-c3ccc(C)cc3)n2)c1. The Labute approximate surface area is 156 Å². The molecular formula is C19H20N4O2S. The average molecular weight is 368 g/mol. The Balaban J connectivity index is 1.63. The Bertz CT molecular complexity index is 893. The van der Waals surface area contributed by atoms with Gasteiger partial charge in [0.15, 0.2) is 5.82 Å². The monoisotopic (exact) mass is 368 g/mol. The van der Waals surface area contributed by atoms with Gasteiger partial charge in [-0.2, -0.15) is 0 Å². The standard InChI is InChI=1S/C19H20N4O2S/c1-12-7-9-14(10-8-12)17-21-19(23-22-17)26-13(2)18(24)20-15-5-4-6-16(11-15)25-3/h4-11,13H,1-3H3,(H,20,24)(H,21,22,23)/t13-/m1/s1. The molecule has 0 saturated heterocycles. The van der Waals surface area contributed by atoms with Gasteiger partial charge in [-0.05, 0) is 26.0 Å². The highest BCUT2D eigenvalue weighted by Gasteiger charge is 2.18. The highest BCUT2D eigenvalue weighted by molar-refractivity contribution is 8.00. The van der Waals surface area contributed by atoms with E-state index in [2.05, 4.69) is 20.5 Å². The Morgan fingerprint density at radius 2 is 2.00 bits per heavy atom. The molecule has 2 aromatic carbocycles. The zero-order valence-electron chi connectivity index (χ0n) is 14.8. The molecule has 3 aromatic rings. The summed E-state index contributed by atoms with van der Waals surface area (Å²) in [5.41, 5.74) is 2.84. The summed E-state index contributed by atoms with van der Waals surface area (Å²) in [6, 6.07) is 15.3. The van der Waals surface area contributed by atoms with E-state index in [1.165, 1.54) is 17.3 Å². The maximum atomic E-state index is 12.4. The van der Waals surface area contributed by atoms with E-state index < -0.39 is 0 Å². The molecule has 0 aliphatic rings. The van der Waals surface area contributed by atoms with E-state index >= 15 is 0 Å². The van der Waals surface area contributed by atoms with E-state index in [-0.39, 0.29) is 11.2 Å². The first-order chi connectivity index (χ1) is 12.5. The fourth-order valence-corrected chi connectivity index (χ4v) is 3.02. The summed E-state index contributed by atoms with van der Waals surface area (Å²) >= 11 is 1.30. The summed E-state index contributed by atoms with van der Waals surface area (Å²) in [7, 11) is 1.59. The Morgan fingerprint density at radius 3 is 2.73 bits per heavy atom. The third-order valence-corrected chi connectivity index (χ3v) is 4.74. The first-order valence-corrected chi connectivity index (χ1v) is 9.04. The van der Waals surface area contributed by atoms with Gasteiger partial charge in [-0.15, -0.1) is 5.10 Å². The van der Waals surface area contributed by atoms with Crippen molar-refractivity contribution in [2.75, 3.05) is 12.4 Å². The van der Waals surface area contributed by atoms with E-state index in [4.69, 9.17) is 4.74 Å². The second kappa shape index (κ2) is 8.05. The molecule has 0 radical (unpaired) electrons. The fraction of sp³-hybridized carbons (Fsp3) is 0.211. The predicted octanol–water partition coefficient (Wildman–Crippen LogP) is 3.91. The lowest BCUT2D eigenvalue weighted by molar-refractivity contribution is -0.115. The van der Waals surface area contributed by atoms with Crippen LogP contribution in [0.4, 0.5) is 5.69 Å². The number of aryl methyl sites for hydroxylation is 1. The Morgan fingerprint density at radius 1 is 1.23 bits per heavy atom. The molecule has 0 bridgehead atoms. The van der Waals surface area contributed by atoms with Gasteiger partial charge in [0.1, 0.15) is 5.75 Å². The van der Waals surface area contributed by atoms with Crippen molar-refractivity contribution >= 4 is 23.4 Å². The van der Waals surface area contributed by atoms with Gasteiger partial charge in [-0.25, -0.2) is 4.98 Å². The first-order valence-electron chi connectivity index (χ1n) is 8.16. The molecular weight excluding hydrogens is 348 g/mol. The molecule has 1 aromatic heterocycles. The van der Waals surface area contributed by atoms with Crippen molar-refractivity contribution in [3.8, 4) is 17.1 Å². The van der Waals surface area contributed by atoms with Crippen molar-refractivity contribution in [1.29, 1.82) is 0 Å². The number of H-pyrrole nitrogens is 1. The van der Waals surface area contributed by atoms with Crippen LogP contribution >= 0.6 is 11.8 Å². The predicted molar refractivity (Wildman–Crippen MR) is 103 cm³/mol. The number of ether oxygens (including phenoxy) is 1. The largest absolute Gasteiger partial charge is 0.497 e. The number of amides is 1. The molecule has 3 rings (SSSR count). The Kier molecular flexibility index (Phi) is 5.58. The number of hydrogen-bond donors (Lipinski definition) is 2. The van der Waals surface area contributed by atoms with Crippen LogP contribution < -0.4 is 10.1 Å². The van der Waals surface area contributed by atoms with Gasteiger partial charge in [-0.1, -0.05) is 47.7 Å². The number of aromatic nitrogens is 3. The summed E-state index contributed by atoms with van der Waals surface area (Å²) in [5.74, 6) is 1.26. The summed E-state index contributed by atoms with van der Waals surface area (Å²) < 4.78 is 5.16. The smallest absolute Gasteiger partial charge is 0.237 e. The van der Waals surface area contributed by atoms with Crippen molar-refractivity contribution in [2.24, 2.45) is 0 Å². The van der Waals surface area contributed by atoms with Crippen LogP contribution in [0.5, 0.6) is 5.75 Å². The van der Waals surface area contributed by atoms with Crippen LogP contribution in [0, 0.1) is 6.92 Å². The molecule has 1 heterocycles. The van der Waals surface area contributed by atoms with Crippen LogP contribution in [0.25, 0.3) is 11.4 Å². The van der Waals surface area contributed by atoms with Crippen LogP contribution in [-0.2, 0) is 4.79 Å². The van der Waals surface area contributed by atoms with Crippen molar-refractivity contribution in [3.05, 3.63) is 54.1 Å². The number of nitrogens with zero attached hydrogens (tertiary/aromatic N) is 2. The molecule has 0 saturated carbocycles. The fourth-order valence-electron chi connectivity index (χ4n) is 2.30. The summed E-state index contributed by atoms with van der Waals surface area (Å²) in [4.78, 5) is 16.9. The van der Waals surface area contributed by atoms with Crippen LogP contribution in [-0.4, -0.2) is 33.4 Å². The quantitative estimate of drug-likeness (QED) is 0.645. The van der Waals surface area contributed by atoms with Gasteiger partial charge in [0.05, 0.1) is 12.4 Å². The van der Waals surface area contributed by atoms with Gasteiger partial charge in [0, 0.05) is 17.3 Å². The molecule has 1 atom stereocenters. The van der Waals surface area contributed by atoms with Crippen molar-refractivity contribution < 1.29 is 9.53 Å². The number of benzene rings is 2. The van der Waals surface area contributed by atoms with Gasteiger partial charge < -0.3 is 10.1 Å². The number of hydrogen-bond acceptors (Lipinski definition) is 5. The number of nitrogens with one attached hydrogen (secondary N) is 2. The molecule has 7 heteroatoms. The molecule has 0 unspecified atom stereocenters.